The lowest BCUT2D eigenvalue weighted by molar-refractivity contribution is -0.147. The van der Waals surface area contributed by atoms with E-state index in [1.807, 2.05) is 0 Å². The highest BCUT2D eigenvalue weighted by atomic mass is 35.5. The van der Waals surface area contributed by atoms with E-state index in [2.05, 4.69) is 5.32 Å². The van der Waals surface area contributed by atoms with Gasteiger partial charge in [-0.3, -0.25) is 4.79 Å². The zero-order valence-corrected chi connectivity index (χ0v) is 11.7. The molecule has 1 aromatic rings. The molecule has 1 heterocycles. The molecule has 1 fully saturated rings. The fourth-order valence-corrected chi connectivity index (χ4v) is 2.14. The molecule has 1 saturated heterocycles. The first kappa shape index (κ1) is 15.5. The fourth-order valence-electron chi connectivity index (χ4n) is 1.95. The maximum Gasteiger partial charge on any atom is 0.331 e. The number of carbonyl (C=O) groups excluding carboxylic acids is 1. The Morgan fingerprint density at radius 3 is 2.81 bits per heavy atom. The van der Waals surface area contributed by atoms with Gasteiger partial charge in [0.2, 0.25) is 5.91 Å². The number of amides is 1. The van der Waals surface area contributed by atoms with Crippen molar-refractivity contribution in [1.82, 2.24) is 5.32 Å². The predicted molar refractivity (Wildman–Crippen MR) is 74.4 cm³/mol. The maximum atomic E-state index is 13.0. The molecule has 1 aliphatic rings. The first-order valence-electron chi connectivity index (χ1n) is 6.19. The lowest BCUT2D eigenvalue weighted by atomic mass is 9.99. The van der Waals surface area contributed by atoms with Crippen LogP contribution in [-0.2, 0) is 14.3 Å². The summed E-state index contributed by atoms with van der Waals surface area (Å²) < 4.78 is 18.0. The van der Waals surface area contributed by atoms with Crippen molar-refractivity contribution in [3.05, 3.63) is 40.7 Å². The second-order valence-electron chi connectivity index (χ2n) is 4.69. The van der Waals surface area contributed by atoms with Gasteiger partial charge in [0.05, 0.1) is 11.6 Å². The lowest BCUT2D eigenvalue weighted by Crippen LogP contribution is -2.54. The van der Waals surface area contributed by atoms with E-state index in [4.69, 9.17) is 16.3 Å². The molecule has 5 nitrogen and oxygen atoms in total. The molecular formula is C14H13ClFNO4. The molecule has 2 N–H and O–H groups in total. The average molecular weight is 314 g/mol. The molecule has 0 bridgehead atoms. The van der Waals surface area contributed by atoms with E-state index in [1.54, 1.807) is 0 Å². The van der Waals surface area contributed by atoms with Gasteiger partial charge in [-0.1, -0.05) is 17.7 Å². The van der Waals surface area contributed by atoms with Gasteiger partial charge in [-0.2, -0.15) is 0 Å². The van der Waals surface area contributed by atoms with Crippen LogP contribution in [0, 0.1) is 5.82 Å². The van der Waals surface area contributed by atoms with Gasteiger partial charge in [0, 0.05) is 19.1 Å². The second-order valence-corrected chi connectivity index (χ2v) is 5.09. The molecule has 21 heavy (non-hydrogen) atoms. The van der Waals surface area contributed by atoms with Crippen molar-refractivity contribution >= 4 is 29.6 Å². The van der Waals surface area contributed by atoms with Crippen LogP contribution in [0.1, 0.15) is 12.0 Å². The summed E-state index contributed by atoms with van der Waals surface area (Å²) in [7, 11) is 0. The van der Waals surface area contributed by atoms with E-state index < -0.39 is 23.2 Å². The number of benzene rings is 1. The van der Waals surface area contributed by atoms with Crippen LogP contribution in [0.2, 0.25) is 5.02 Å². The minimum absolute atomic E-state index is 0.0521. The highest BCUT2D eigenvalue weighted by molar-refractivity contribution is 6.30. The molecule has 1 aliphatic heterocycles. The zero-order chi connectivity index (χ0) is 15.5. The first-order chi connectivity index (χ1) is 9.93. The Hall–Kier alpha value is -1.92. The number of aliphatic carboxylic acids is 1. The summed E-state index contributed by atoms with van der Waals surface area (Å²) in [5.74, 6) is -2.25. The molecule has 1 aromatic carbocycles. The van der Waals surface area contributed by atoms with Crippen molar-refractivity contribution in [3.8, 4) is 0 Å². The monoisotopic (exact) mass is 313 g/mol. The Kier molecular flexibility index (Phi) is 4.59. The van der Waals surface area contributed by atoms with E-state index >= 15 is 0 Å². The lowest BCUT2D eigenvalue weighted by Gasteiger charge is -2.22. The number of carboxylic acid groups (broad SMARTS) is 1. The van der Waals surface area contributed by atoms with Gasteiger partial charge >= 0.3 is 5.97 Å². The van der Waals surface area contributed by atoms with Gasteiger partial charge in [0.25, 0.3) is 0 Å². The van der Waals surface area contributed by atoms with Gasteiger partial charge in [0.15, 0.2) is 5.54 Å². The van der Waals surface area contributed by atoms with Gasteiger partial charge in [-0.15, -0.1) is 0 Å². The topological polar surface area (TPSA) is 75.6 Å². The molecule has 0 aromatic heterocycles. The summed E-state index contributed by atoms with van der Waals surface area (Å²) in [5.41, 5.74) is -0.856. The summed E-state index contributed by atoms with van der Waals surface area (Å²) in [6.07, 6.45) is 2.81. The number of halogens is 2. The largest absolute Gasteiger partial charge is 0.479 e. The maximum absolute atomic E-state index is 13.0. The van der Waals surface area contributed by atoms with Gasteiger partial charge in [-0.05, 0) is 23.8 Å². The molecular weight excluding hydrogens is 301 g/mol. The Bertz CT molecular complexity index is 597. The zero-order valence-electron chi connectivity index (χ0n) is 10.9. The molecule has 2 rings (SSSR count). The Morgan fingerprint density at radius 1 is 1.48 bits per heavy atom. The van der Waals surface area contributed by atoms with E-state index in [0.29, 0.717) is 5.56 Å². The molecule has 1 amide bonds. The van der Waals surface area contributed by atoms with Crippen molar-refractivity contribution in [1.29, 1.82) is 0 Å². The van der Waals surface area contributed by atoms with Crippen molar-refractivity contribution < 1.29 is 23.8 Å². The minimum atomic E-state index is -1.39. The number of carbonyl (C=O) groups is 2. The number of hydrogen-bond acceptors (Lipinski definition) is 3. The van der Waals surface area contributed by atoms with Crippen LogP contribution in [-0.4, -0.2) is 35.7 Å². The van der Waals surface area contributed by atoms with Gasteiger partial charge in [0.1, 0.15) is 5.82 Å². The normalized spacial score (nSPS) is 21.6. The average Bonchev–Trinajstić information content (AvgIpc) is 2.90. The van der Waals surface area contributed by atoms with Crippen molar-refractivity contribution in [3.63, 3.8) is 0 Å². The fraction of sp³-hybridized carbons (Fsp3) is 0.286. The molecule has 1 unspecified atom stereocenters. The van der Waals surface area contributed by atoms with Crippen molar-refractivity contribution in [2.24, 2.45) is 0 Å². The van der Waals surface area contributed by atoms with E-state index in [9.17, 15) is 19.1 Å². The third-order valence-corrected chi connectivity index (χ3v) is 3.45. The van der Waals surface area contributed by atoms with Crippen LogP contribution >= 0.6 is 11.6 Å². The van der Waals surface area contributed by atoms with E-state index in [-0.39, 0.29) is 24.7 Å². The molecule has 0 spiro atoms. The number of ether oxygens (including phenoxy) is 1. The molecule has 0 aliphatic carbocycles. The molecule has 0 radical (unpaired) electrons. The van der Waals surface area contributed by atoms with Crippen LogP contribution in [0.4, 0.5) is 4.39 Å². The second kappa shape index (κ2) is 6.24. The van der Waals surface area contributed by atoms with Gasteiger partial charge < -0.3 is 15.2 Å². The molecule has 0 saturated carbocycles. The van der Waals surface area contributed by atoms with E-state index in [0.717, 1.165) is 0 Å². The highest BCUT2D eigenvalue weighted by Crippen LogP contribution is 2.19. The number of carboxylic acids is 1. The van der Waals surface area contributed by atoms with E-state index in [1.165, 1.54) is 30.4 Å². The Labute approximate surface area is 125 Å². The van der Waals surface area contributed by atoms with Crippen LogP contribution in [0.15, 0.2) is 24.3 Å². The molecule has 112 valence electrons. The summed E-state index contributed by atoms with van der Waals surface area (Å²) in [5, 5.41) is 11.6. The van der Waals surface area contributed by atoms with Crippen molar-refractivity contribution in [2.45, 2.75) is 12.0 Å². The highest BCUT2D eigenvalue weighted by Gasteiger charge is 2.43. The number of hydrogen-bond donors (Lipinski definition) is 2. The van der Waals surface area contributed by atoms with Gasteiger partial charge in [-0.25, -0.2) is 9.18 Å². The number of rotatable bonds is 4. The first-order valence-corrected chi connectivity index (χ1v) is 6.57. The molecule has 7 heteroatoms. The molecule has 1 atom stereocenters. The summed E-state index contributed by atoms with van der Waals surface area (Å²) in [6.45, 7) is 0.216. The van der Waals surface area contributed by atoms with Crippen LogP contribution < -0.4 is 5.32 Å². The number of nitrogens with one attached hydrogen (secondary N) is 1. The predicted octanol–water partition coefficient (Wildman–Crippen LogP) is 1.85. The smallest absolute Gasteiger partial charge is 0.331 e. The van der Waals surface area contributed by atoms with Crippen LogP contribution in [0.3, 0.4) is 0 Å². The Morgan fingerprint density at radius 2 is 2.24 bits per heavy atom. The third-order valence-electron chi connectivity index (χ3n) is 3.16. The Balaban J connectivity index is 2.05. The summed E-state index contributed by atoms with van der Waals surface area (Å²) >= 11 is 5.63. The third kappa shape index (κ3) is 3.59. The van der Waals surface area contributed by atoms with Crippen molar-refractivity contribution in [2.75, 3.05) is 13.2 Å². The summed E-state index contributed by atoms with van der Waals surface area (Å²) in [6, 6.07) is 4.01. The quantitative estimate of drug-likeness (QED) is 0.832. The minimum Gasteiger partial charge on any atom is -0.479 e. The van der Waals surface area contributed by atoms with Crippen LogP contribution in [0.5, 0.6) is 0 Å². The standard InChI is InChI=1S/C14H13ClFNO4/c15-10-7-9(1-3-11(10)16)2-4-12(18)17-14(13(19)20)5-6-21-8-14/h1-4,7H,5-6,8H2,(H,17,18)(H,19,20). The summed E-state index contributed by atoms with van der Waals surface area (Å²) in [4.78, 5) is 23.0. The van der Waals surface area contributed by atoms with Crippen LogP contribution in [0.25, 0.3) is 6.08 Å². The SMILES string of the molecule is O=C(C=Cc1ccc(F)c(Cl)c1)NC1(C(=O)O)CCOC1.